The first-order valence-electron chi connectivity index (χ1n) is 11.3. The van der Waals surface area contributed by atoms with Gasteiger partial charge in [-0.25, -0.2) is 4.98 Å². The summed E-state index contributed by atoms with van der Waals surface area (Å²) in [5.74, 6) is 1.04. The highest BCUT2D eigenvalue weighted by Gasteiger charge is 2.21. The molecular formula is C30H27N2OS+. The molecule has 0 unspecified atom stereocenters. The van der Waals surface area contributed by atoms with Crippen molar-refractivity contribution in [1.29, 1.82) is 0 Å². The molecule has 34 heavy (non-hydrogen) atoms. The number of ether oxygens (including phenoxy) is 1. The van der Waals surface area contributed by atoms with Crippen LogP contribution in [0.2, 0.25) is 0 Å². The lowest BCUT2D eigenvalue weighted by atomic mass is 9.88. The van der Waals surface area contributed by atoms with E-state index in [2.05, 4.69) is 101 Å². The van der Waals surface area contributed by atoms with Gasteiger partial charge in [0.15, 0.2) is 0 Å². The van der Waals surface area contributed by atoms with Crippen LogP contribution in [0.1, 0.15) is 22.7 Å². The van der Waals surface area contributed by atoms with Crippen molar-refractivity contribution in [2.75, 3.05) is 12.8 Å². The molecule has 0 spiro atoms. The Bertz CT molecular complexity index is 1360. The maximum Gasteiger partial charge on any atom is 0.329 e. The molecule has 0 aliphatic rings. The highest BCUT2D eigenvalue weighted by molar-refractivity contribution is 7.13. The molecule has 3 nitrogen and oxygen atoms in total. The fourth-order valence-electron chi connectivity index (χ4n) is 4.40. The first kappa shape index (κ1) is 21.9. The SMILES string of the molecule is COc1ccc([C@H](Cc2ccc(-c3ccccc3-c3ccccc3)cc2)c2csc(N)[nH+]2)cc1. The molecule has 0 aliphatic heterocycles. The third-order valence-corrected chi connectivity index (χ3v) is 6.92. The standard InChI is InChI=1S/C30H26N2OS/c1-33-25-17-15-24(16-18-25)28(29-20-34-30(31)32-29)19-21-11-13-23(14-12-21)27-10-6-5-9-26(27)22-7-3-2-4-8-22/h2-18,20,28H,19H2,1H3,(H2,31,32)/p+1/t28-/m0/s1. The zero-order valence-electron chi connectivity index (χ0n) is 19.1. The molecule has 0 radical (unpaired) electrons. The van der Waals surface area contributed by atoms with Crippen molar-refractivity contribution < 1.29 is 9.72 Å². The van der Waals surface area contributed by atoms with Crippen LogP contribution in [-0.2, 0) is 6.42 Å². The zero-order valence-corrected chi connectivity index (χ0v) is 19.9. The number of benzene rings is 4. The Morgan fingerprint density at radius 1 is 0.765 bits per heavy atom. The van der Waals surface area contributed by atoms with Gasteiger partial charge in [-0.3, -0.25) is 5.73 Å². The van der Waals surface area contributed by atoms with Crippen LogP contribution in [0.5, 0.6) is 5.75 Å². The maximum atomic E-state index is 6.02. The molecule has 0 fully saturated rings. The molecule has 1 heterocycles. The normalized spacial score (nSPS) is 11.8. The van der Waals surface area contributed by atoms with E-state index >= 15 is 0 Å². The van der Waals surface area contributed by atoms with Gasteiger partial charge >= 0.3 is 5.13 Å². The average molecular weight is 464 g/mol. The molecule has 5 aromatic rings. The number of thiazole rings is 1. The predicted octanol–water partition coefficient (Wildman–Crippen LogP) is 6.86. The number of hydrogen-bond acceptors (Lipinski definition) is 3. The minimum absolute atomic E-state index is 0.182. The Hall–Kier alpha value is -3.89. The lowest BCUT2D eigenvalue weighted by Gasteiger charge is -2.16. The first-order valence-corrected chi connectivity index (χ1v) is 12.2. The van der Waals surface area contributed by atoms with Gasteiger partial charge in [0.1, 0.15) is 11.4 Å². The summed E-state index contributed by atoms with van der Waals surface area (Å²) in [6.45, 7) is 0. The molecular weight excluding hydrogens is 436 g/mol. The van der Waals surface area contributed by atoms with Crippen molar-refractivity contribution in [3.8, 4) is 28.0 Å². The fraction of sp³-hybridized carbons (Fsp3) is 0.100. The quantitative estimate of drug-likeness (QED) is 0.287. The van der Waals surface area contributed by atoms with Crippen LogP contribution in [0.3, 0.4) is 0 Å². The van der Waals surface area contributed by atoms with E-state index in [1.54, 1.807) is 18.4 Å². The molecule has 4 heteroatoms. The van der Waals surface area contributed by atoms with E-state index in [4.69, 9.17) is 10.5 Å². The maximum absolute atomic E-state index is 6.02. The van der Waals surface area contributed by atoms with Crippen molar-refractivity contribution in [2.45, 2.75) is 12.3 Å². The monoisotopic (exact) mass is 463 g/mol. The summed E-state index contributed by atoms with van der Waals surface area (Å²) in [5, 5.41) is 2.84. The van der Waals surface area contributed by atoms with Gasteiger partial charge in [0.25, 0.3) is 0 Å². The largest absolute Gasteiger partial charge is 0.497 e. The molecule has 5 rings (SSSR count). The van der Waals surface area contributed by atoms with Gasteiger partial charge < -0.3 is 4.74 Å². The summed E-state index contributed by atoms with van der Waals surface area (Å²) in [6.07, 6.45) is 0.875. The highest BCUT2D eigenvalue weighted by Crippen LogP contribution is 2.33. The number of nitrogens with two attached hydrogens (primary N) is 1. The third kappa shape index (κ3) is 4.73. The first-order chi connectivity index (χ1) is 16.7. The van der Waals surface area contributed by atoms with Crippen molar-refractivity contribution in [3.63, 3.8) is 0 Å². The Balaban J connectivity index is 1.45. The summed E-state index contributed by atoms with van der Waals surface area (Å²) in [4.78, 5) is 3.35. The van der Waals surface area contributed by atoms with Crippen LogP contribution in [0.4, 0.5) is 5.13 Å². The molecule has 4 aromatic carbocycles. The molecule has 168 valence electrons. The van der Waals surface area contributed by atoms with E-state index in [1.807, 2.05) is 12.1 Å². The summed E-state index contributed by atoms with van der Waals surface area (Å²) >= 11 is 1.54. The average Bonchev–Trinajstić information content (AvgIpc) is 3.34. The van der Waals surface area contributed by atoms with E-state index in [-0.39, 0.29) is 5.92 Å². The lowest BCUT2D eigenvalue weighted by molar-refractivity contribution is -0.368. The van der Waals surface area contributed by atoms with Crippen LogP contribution < -0.4 is 15.5 Å². The predicted molar refractivity (Wildman–Crippen MR) is 141 cm³/mol. The Kier molecular flexibility index (Phi) is 6.41. The second-order valence-electron chi connectivity index (χ2n) is 8.32. The van der Waals surface area contributed by atoms with Gasteiger partial charge in [-0.1, -0.05) is 102 Å². The summed E-state index contributed by atoms with van der Waals surface area (Å²) in [6, 6.07) is 36.4. The van der Waals surface area contributed by atoms with Crippen LogP contribution in [0, 0.1) is 0 Å². The molecule has 1 atom stereocenters. The number of hydrogen-bond donors (Lipinski definition) is 1. The number of methoxy groups -OCH3 is 1. The van der Waals surface area contributed by atoms with Crippen LogP contribution in [0.15, 0.2) is 109 Å². The summed E-state index contributed by atoms with van der Waals surface area (Å²) in [5.41, 5.74) is 14.6. The van der Waals surface area contributed by atoms with Gasteiger partial charge in [0, 0.05) is 5.38 Å². The molecule has 1 aromatic heterocycles. The molecule has 0 saturated carbocycles. The number of rotatable bonds is 7. The zero-order chi connectivity index (χ0) is 23.3. The summed E-state index contributed by atoms with van der Waals surface area (Å²) in [7, 11) is 1.69. The lowest BCUT2D eigenvalue weighted by Crippen LogP contribution is -2.17. The molecule has 3 N–H and O–H groups in total. The van der Waals surface area contributed by atoms with Crippen molar-refractivity contribution in [2.24, 2.45) is 0 Å². The summed E-state index contributed by atoms with van der Waals surface area (Å²) < 4.78 is 5.35. The van der Waals surface area contributed by atoms with Gasteiger partial charge in [-0.2, -0.15) is 0 Å². The van der Waals surface area contributed by atoms with Gasteiger partial charge in [-0.15, -0.1) is 0 Å². The fourth-order valence-corrected chi connectivity index (χ4v) is 5.06. The number of nitrogen functional groups attached to an aromatic ring is 1. The Labute approximate surface area is 204 Å². The smallest absolute Gasteiger partial charge is 0.329 e. The second kappa shape index (κ2) is 9.94. The molecule has 0 bridgehead atoms. The second-order valence-corrected chi connectivity index (χ2v) is 9.23. The van der Waals surface area contributed by atoms with Crippen LogP contribution >= 0.6 is 11.3 Å². The number of anilines is 1. The number of H-pyrrole nitrogens is 1. The van der Waals surface area contributed by atoms with Crippen molar-refractivity contribution >= 4 is 16.5 Å². The van der Waals surface area contributed by atoms with Crippen LogP contribution in [0.25, 0.3) is 22.3 Å². The third-order valence-electron chi connectivity index (χ3n) is 6.19. The number of aromatic amines is 1. The highest BCUT2D eigenvalue weighted by atomic mass is 32.1. The molecule has 0 saturated heterocycles. The van der Waals surface area contributed by atoms with Gasteiger partial charge in [0.05, 0.1) is 13.0 Å². The Morgan fingerprint density at radius 2 is 1.38 bits per heavy atom. The minimum Gasteiger partial charge on any atom is -0.497 e. The van der Waals surface area contributed by atoms with E-state index in [0.717, 1.165) is 23.0 Å². The van der Waals surface area contributed by atoms with E-state index < -0.39 is 0 Å². The minimum atomic E-state index is 0.182. The Morgan fingerprint density at radius 3 is 1.97 bits per heavy atom. The van der Waals surface area contributed by atoms with E-state index in [1.165, 1.54) is 33.4 Å². The topological polar surface area (TPSA) is 49.4 Å². The number of nitrogens with one attached hydrogen (secondary N) is 1. The van der Waals surface area contributed by atoms with Gasteiger partial charge in [-0.05, 0) is 51.9 Å². The number of aromatic nitrogens is 1. The molecule has 0 amide bonds. The van der Waals surface area contributed by atoms with E-state index in [9.17, 15) is 0 Å². The van der Waals surface area contributed by atoms with Crippen molar-refractivity contribution in [1.82, 2.24) is 0 Å². The van der Waals surface area contributed by atoms with Gasteiger partial charge in [0.2, 0.25) is 0 Å². The van der Waals surface area contributed by atoms with Crippen LogP contribution in [-0.4, -0.2) is 7.11 Å². The van der Waals surface area contributed by atoms with E-state index in [0.29, 0.717) is 0 Å². The van der Waals surface area contributed by atoms with Crippen molar-refractivity contribution in [3.05, 3.63) is 125 Å². The molecule has 0 aliphatic carbocycles.